The van der Waals surface area contributed by atoms with Crippen LogP contribution in [0.15, 0.2) is 52.3 Å². The number of anilines is 2. The van der Waals surface area contributed by atoms with Gasteiger partial charge >= 0.3 is 0 Å². The van der Waals surface area contributed by atoms with Gasteiger partial charge in [0, 0.05) is 28.0 Å². The monoisotopic (exact) mass is 433 g/mol. The number of rotatable bonds is 4. The summed E-state index contributed by atoms with van der Waals surface area (Å²) in [4.78, 5) is 27.7. The molecule has 8 heteroatoms. The molecule has 26 heavy (non-hydrogen) atoms. The van der Waals surface area contributed by atoms with Gasteiger partial charge in [-0.05, 0) is 46.3 Å². The number of amides is 2. The van der Waals surface area contributed by atoms with Crippen molar-refractivity contribution in [2.75, 3.05) is 10.6 Å². The van der Waals surface area contributed by atoms with Crippen LogP contribution in [0.25, 0.3) is 11.3 Å². The third-order valence-corrected chi connectivity index (χ3v) is 4.85. The van der Waals surface area contributed by atoms with Gasteiger partial charge in [-0.3, -0.25) is 14.9 Å². The fourth-order valence-corrected chi connectivity index (χ4v) is 3.37. The van der Waals surface area contributed by atoms with E-state index in [1.165, 1.54) is 30.4 Å². The highest BCUT2D eigenvalue weighted by atomic mass is 79.9. The fourth-order valence-electron chi connectivity index (χ4n) is 2.23. The maximum Gasteiger partial charge on any atom is 0.258 e. The van der Waals surface area contributed by atoms with E-state index in [1.807, 2.05) is 17.5 Å². The molecule has 2 N–H and O–H groups in total. The summed E-state index contributed by atoms with van der Waals surface area (Å²) < 4.78 is 13.8. The standard InChI is InChI=1S/C18H13BrFN3O2S/c1-10(24)21-13-5-2-11(3-6-13)16-9-26-18(22-16)23-17(25)14-8-12(20)4-7-15(14)19/h2-9H,1H3,(H,21,24)(H,22,23,25). The lowest BCUT2D eigenvalue weighted by Crippen LogP contribution is -2.12. The van der Waals surface area contributed by atoms with Crippen molar-refractivity contribution in [2.24, 2.45) is 0 Å². The molecule has 2 amide bonds. The molecule has 2 aromatic carbocycles. The molecule has 0 saturated heterocycles. The number of hydrogen-bond acceptors (Lipinski definition) is 4. The van der Waals surface area contributed by atoms with E-state index in [0.717, 1.165) is 11.6 Å². The number of nitrogens with one attached hydrogen (secondary N) is 2. The number of carbonyl (C=O) groups is 2. The SMILES string of the molecule is CC(=O)Nc1ccc(-c2csc(NC(=O)c3cc(F)ccc3Br)n2)cc1. The summed E-state index contributed by atoms with van der Waals surface area (Å²) in [7, 11) is 0. The van der Waals surface area contributed by atoms with Gasteiger partial charge in [0.05, 0.1) is 11.3 Å². The Balaban J connectivity index is 1.74. The number of nitrogens with zero attached hydrogens (tertiary/aromatic N) is 1. The average Bonchev–Trinajstić information content (AvgIpc) is 3.05. The van der Waals surface area contributed by atoms with Gasteiger partial charge in [-0.1, -0.05) is 12.1 Å². The van der Waals surface area contributed by atoms with Gasteiger partial charge in [0.1, 0.15) is 5.82 Å². The van der Waals surface area contributed by atoms with Crippen LogP contribution in [0.5, 0.6) is 0 Å². The number of halogens is 2. The number of aromatic nitrogens is 1. The molecule has 1 aromatic heterocycles. The molecule has 1 heterocycles. The van der Waals surface area contributed by atoms with Crippen LogP contribution in [-0.4, -0.2) is 16.8 Å². The van der Waals surface area contributed by atoms with E-state index in [-0.39, 0.29) is 11.5 Å². The first kappa shape index (κ1) is 18.2. The van der Waals surface area contributed by atoms with Gasteiger partial charge < -0.3 is 5.32 Å². The number of benzene rings is 2. The Hall–Kier alpha value is -2.58. The van der Waals surface area contributed by atoms with Crippen LogP contribution in [-0.2, 0) is 4.79 Å². The van der Waals surface area contributed by atoms with Crippen molar-refractivity contribution in [1.82, 2.24) is 4.98 Å². The number of thiazole rings is 1. The van der Waals surface area contributed by atoms with Crippen LogP contribution in [0, 0.1) is 5.82 Å². The lowest BCUT2D eigenvalue weighted by molar-refractivity contribution is -0.114. The topological polar surface area (TPSA) is 71.1 Å². The maximum atomic E-state index is 13.3. The Morgan fingerprint density at radius 2 is 1.85 bits per heavy atom. The van der Waals surface area contributed by atoms with Crippen molar-refractivity contribution < 1.29 is 14.0 Å². The van der Waals surface area contributed by atoms with Crippen molar-refractivity contribution in [3.63, 3.8) is 0 Å². The summed E-state index contributed by atoms with van der Waals surface area (Å²) in [5.74, 6) is -1.07. The molecule has 3 rings (SSSR count). The Bertz CT molecular complexity index is 973. The minimum Gasteiger partial charge on any atom is -0.326 e. The highest BCUT2D eigenvalue weighted by Gasteiger charge is 2.14. The van der Waals surface area contributed by atoms with Crippen LogP contribution in [0.1, 0.15) is 17.3 Å². The van der Waals surface area contributed by atoms with Crippen LogP contribution in [0.3, 0.4) is 0 Å². The summed E-state index contributed by atoms with van der Waals surface area (Å²) in [6, 6.07) is 11.1. The average molecular weight is 434 g/mol. The minimum absolute atomic E-state index is 0.139. The molecule has 0 aliphatic rings. The quantitative estimate of drug-likeness (QED) is 0.612. The van der Waals surface area contributed by atoms with Crippen LogP contribution in [0.2, 0.25) is 0 Å². The smallest absolute Gasteiger partial charge is 0.258 e. The molecule has 0 aliphatic carbocycles. The van der Waals surface area contributed by atoms with Crippen molar-refractivity contribution in [2.45, 2.75) is 6.92 Å². The molecular weight excluding hydrogens is 421 g/mol. The molecule has 0 fully saturated rings. The molecule has 0 atom stereocenters. The molecule has 0 saturated carbocycles. The summed E-state index contributed by atoms with van der Waals surface area (Å²) in [6.45, 7) is 1.44. The molecule has 3 aromatic rings. The maximum absolute atomic E-state index is 13.3. The van der Waals surface area contributed by atoms with Gasteiger partial charge in [0.25, 0.3) is 5.91 Å². The number of hydrogen-bond donors (Lipinski definition) is 2. The zero-order valence-corrected chi connectivity index (χ0v) is 15.9. The summed E-state index contributed by atoms with van der Waals surface area (Å²) in [6.07, 6.45) is 0. The van der Waals surface area contributed by atoms with Crippen molar-refractivity contribution in [1.29, 1.82) is 0 Å². The zero-order chi connectivity index (χ0) is 18.7. The van der Waals surface area contributed by atoms with E-state index in [4.69, 9.17) is 0 Å². The van der Waals surface area contributed by atoms with Gasteiger partial charge in [-0.15, -0.1) is 11.3 Å². The molecule has 0 bridgehead atoms. The first-order valence-electron chi connectivity index (χ1n) is 7.52. The van der Waals surface area contributed by atoms with Gasteiger partial charge in [0.2, 0.25) is 5.91 Å². The Labute approximate surface area is 161 Å². The molecule has 5 nitrogen and oxygen atoms in total. The van der Waals surface area contributed by atoms with E-state index >= 15 is 0 Å². The molecular formula is C18H13BrFN3O2S. The molecule has 0 radical (unpaired) electrons. The normalized spacial score (nSPS) is 10.4. The predicted octanol–water partition coefficient (Wildman–Crippen LogP) is 4.92. The minimum atomic E-state index is -0.488. The summed E-state index contributed by atoms with van der Waals surface area (Å²) in [5, 5.41) is 7.58. The van der Waals surface area contributed by atoms with Gasteiger partial charge in [-0.2, -0.15) is 0 Å². The molecule has 0 unspecified atom stereocenters. The van der Waals surface area contributed by atoms with E-state index in [9.17, 15) is 14.0 Å². The van der Waals surface area contributed by atoms with Crippen LogP contribution in [0.4, 0.5) is 15.2 Å². The Kier molecular flexibility index (Phi) is 5.43. The second kappa shape index (κ2) is 7.76. The van der Waals surface area contributed by atoms with E-state index in [1.54, 1.807) is 12.1 Å². The predicted molar refractivity (Wildman–Crippen MR) is 104 cm³/mol. The Morgan fingerprint density at radius 1 is 1.12 bits per heavy atom. The van der Waals surface area contributed by atoms with E-state index in [0.29, 0.717) is 21.0 Å². The second-order valence-corrected chi connectivity index (χ2v) is 7.09. The lowest BCUT2D eigenvalue weighted by Gasteiger charge is -2.04. The van der Waals surface area contributed by atoms with Crippen LogP contribution < -0.4 is 10.6 Å². The lowest BCUT2D eigenvalue weighted by atomic mass is 10.1. The second-order valence-electron chi connectivity index (χ2n) is 5.37. The highest BCUT2D eigenvalue weighted by Crippen LogP contribution is 2.27. The van der Waals surface area contributed by atoms with Crippen LogP contribution >= 0.6 is 27.3 Å². The molecule has 132 valence electrons. The van der Waals surface area contributed by atoms with Crippen molar-refractivity contribution in [3.8, 4) is 11.3 Å². The third kappa shape index (κ3) is 4.33. The summed E-state index contributed by atoms with van der Waals surface area (Å²) in [5.41, 5.74) is 2.43. The Morgan fingerprint density at radius 3 is 2.54 bits per heavy atom. The van der Waals surface area contributed by atoms with E-state index < -0.39 is 11.7 Å². The zero-order valence-electron chi connectivity index (χ0n) is 13.5. The van der Waals surface area contributed by atoms with E-state index in [2.05, 4.69) is 31.5 Å². The third-order valence-electron chi connectivity index (χ3n) is 3.40. The highest BCUT2D eigenvalue weighted by molar-refractivity contribution is 9.10. The largest absolute Gasteiger partial charge is 0.326 e. The first-order chi connectivity index (χ1) is 12.4. The first-order valence-corrected chi connectivity index (χ1v) is 9.19. The fraction of sp³-hybridized carbons (Fsp3) is 0.0556. The molecule has 0 spiro atoms. The van der Waals surface area contributed by atoms with Crippen molar-refractivity contribution in [3.05, 3.63) is 63.7 Å². The van der Waals surface area contributed by atoms with Gasteiger partial charge in [0.15, 0.2) is 5.13 Å². The van der Waals surface area contributed by atoms with Gasteiger partial charge in [-0.25, -0.2) is 9.37 Å². The number of carbonyl (C=O) groups excluding carboxylic acids is 2. The molecule has 0 aliphatic heterocycles. The summed E-state index contributed by atoms with van der Waals surface area (Å²) >= 11 is 4.51. The van der Waals surface area contributed by atoms with Crippen molar-refractivity contribution >= 4 is 49.9 Å².